The zero-order valence-electron chi connectivity index (χ0n) is 22.6. The summed E-state index contributed by atoms with van der Waals surface area (Å²) in [4.78, 5) is 27.8. The summed E-state index contributed by atoms with van der Waals surface area (Å²) in [6.07, 6.45) is -5.64. The molecule has 14 nitrogen and oxygen atoms in total. The lowest BCUT2D eigenvalue weighted by atomic mass is 10.1. The van der Waals surface area contributed by atoms with Crippen molar-refractivity contribution < 1.29 is 50.5 Å². The maximum atomic E-state index is 13.5. The number of sulfonamides is 1. The van der Waals surface area contributed by atoms with E-state index in [-0.39, 0.29) is 40.8 Å². The summed E-state index contributed by atoms with van der Waals surface area (Å²) in [5.41, 5.74) is 0.547. The van der Waals surface area contributed by atoms with E-state index in [1.54, 1.807) is 24.3 Å². The molecule has 0 aliphatic carbocycles. The van der Waals surface area contributed by atoms with Crippen molar-refractivity contribution in [2.24, 2.45) is 11.2 Å². The van der Waals surface area contributed by atoms with Crippen LogP contribution in [0.25, 0.3) is 16.9 Å². The molecule has 1 atom stereocenters. The fraction of sp³-hybridized carbons (Fsp3) is 0.320. The predicted molar refractivity (Wildman–Crippen MR) is 139 cm³/mol. The molecule has 1 aromatic heterocycles. The number of benzene rings is 2. The average molecular weight is 627 g/mol. The number of alkyl halides is 3. The molecule has 1 aliphatic heterocycles. The number of rotatable bonds is 9. The van der Waals surface area contributed by atoms with Gasteiger partial charge in [-0.25, -0.2) is 22.6 Å². The molecular weight excluding hydrogens is 601 g/mol. The first-order chi connectivity index (χ1) is 20.3. The number of nitrogens with zero attached hydrogens (tertiary/aromatic N) is 5. The van der Waals surface area contributed by atoms with Crippen LogP contribution >= 0.6 is 0 Å². The van der Waals surface area contributed by atoms with Gasteiger partial charge in [-0.3, -0.25) is 4.79 Å². The van der Waals surface area contributed by atoms with Gasteiger partial charge >= 0.3 is 12.3 Å². The second-order valence-corrected chi connectivity index (χ2v) is 10.9. The Labute approximate surface area is 242 Å². The third-order valence-electron chi connectivity index (χ3n) is 6.28. The fourth-order valence-corrected chi connectivity index (χ4v) is 5.10. The molecule has 0 radical (unpaired) electrons. The Balaban J connectivity index is 1.44. The van der Waals surface area contributed by atoms with Crippen LogP contribution in [0.1, 0.15) is 17.7 Å². The van der Waals surface area contributed by atoms with Crippen LogP contribution in [-0.2, 0) is 35.3 Å². The fourth-order valence-electron chi connectivity index (χ4n) is 4.06. The molecule has 2 aromatic carbocycles. The third-order valence-corrected chi connectivity index (χ3v) is 7.64. The van der Waals surface area contributed by atoms with E-state index in [9.17, 15) is 36.4 Å². The zero-order valence-corrected chi connectivity index (χ0v) is 23.5. The smallest absolute Gasteiger partial charge is 0.510 e. The summed E-state index contributed by atoms with van der Waals surface area (Å²) >= 11 is 0. The Hall–Kier alpha value is -4.87. The third kappa shape index (κ3) is 7.51. The van der Waals surface area contributed by atoms with Crippen LogP contribution < -0.4 is 4.72 Å². The minimum atomic E-state index is -4.71. The van der Waals surface area contributed by atoms with Crippen molar-refractivity contribution in [3.8, 4) is 16.9 Å². The molecule has 1 saturated heterocycles. The van der Waals surface area contributed by atoms with E-state index in [1.165, 1.54) is 12.1 Å². The van der Waals surface area contributed by atoms with Crippen molar-refractivity contribution in [3.05, 3.63) is 71.1 Å². The van der Waals surface area contributed by atoms with E-state index in [0.717, 1.165) is 40.6 Å². The van der Waals surface area contributed by atoms with E-state index >= 15 is 0 Å². The summed E-state index contributed by atoms with van der Waals surface area (Å²) < 4.78 is 77.8. The highest BCUT2D eigenvalue weighted by Crippen LogP contribution is 2.33. The molecule has 0 saturated carbocycles. The molecule has 1 N–H and O–H groups in total. The standard InChI is InChI=1S/C25H25F3N6O8S/c1-16-3-5-17(6-4-16)21-13-22(25(26,27)28)29-33(21)19-7-9-20(10-8-19)43(38,39)30-23(35)18-11-12-32(14-18)34(37)31-42-15-41-24(36)40-2/h3-10,13,18H,11-12,14-15H2,1-2H3,(H,30,35)/b34-31-. The highest BCUT2D eigenvalue weighted by atomic mass is 32.2. The van der Waals surface area contributed by atoms with Gasteiger partial charge < -0.3 is 19.5 Å². The van der Waals surface area contributed by atoms with Gasteiger partial charge in [-0.15, -0.1) is 5.01 Å². The zero-order chi connectivity index (χ0) is 31.4. The first kappa shape index (κ1) is 31.1. The van der Waals surface area contributed by atoms with Crippen LogP contribution in [0.5, 0.6) is 0 Å². The number of amides is 1. The van der Waals surface area contributed by atoms with Gasteiger partial charge in [-0.2, -0.15) is 18.3 Å². The molecule has 1 amide bonds. The Morgan fingerprint density at radius 3 is 2.47 bits per heavy atom. The highest BCUT2D eigenvalue weighted by molar-refractivity contribution is 7.90. The molecule has 18 heteroatoms. The molecule has 43 heavy (non-hydrogen) atoms. The molecule has 4 rings (SSSR count). The summed E-state index contributed by atoms with van der Waals surface area (Å²) in [6.45, 7) is 1.00. The maximum Gasteiger partial charge on any atom is 0.510 e. The highest BCUT2D eigenvalue weighted by Gasteiger charge is 2.36. The number of aryl methyl sites for hydroxylation is 1. The number of carbonyl (C=O) groups excluding carboxylic acids is 2. The minimum absolute atomic E-state index is 0.0332. The van der Waals surface area contributed by atoms with Gasteiger partial charge in [0, 0.05) is 5.56 Å². The van der Waals surface area contributed by atoms with Gasteiger partial charge in [0.1, 0.15) is 0 Å². The average Bonchev–Trinajstić information content (AvgIpc) is 3.64. The Bertz CT molecular complexity index is 1610. The monoisotopic (exact) mass is 626 g/mol. The maximum absolute atomic E-state index is 13.5. The van der Waals surface area contributed by atoms with Crippen LogP contribution in [0.15, 0.2) is 64.8 Å². The normalized spacial score (nSPS) is 15.7. The van der Waals surface area contributed by atoms with Gasteiger partial charge in [-0.1, -0.05) is 29.8 Å². The number of aromatic nitrogens is 2. The van der Waals surface area contributed by atoms with Crippen LogP contribution in [0.4, 0.5) is 18.0 Å². The minimum Gasteiger partial charge on any atom is -0.569 e. The Morgan fingerprint density at radius 1 is 1.16 bits per heavy atom. The summed E-state index contributed by atoms with van der Waals surface area (Å²) in [5.74, 6) is -1.77. The van der Waals surface area contributed by atoms with Gasteiger partial charge in [0.2, 0.25) is 11.2 Å². The van der Waals surface area contributed by atoms with Gasteiger partial charge in [0.25, 0.3) is 16.8 Å². The number of hydrogen-bond acceptors (Lipinski definition) is 10. The first-order valence-corrected chi connectivity index (χ1v) is 13.9. The van der Waals surface area contributed by atoms with E-state index in [2.05, 4.69) is 24.7 Å². The van der Waals surface area contributed by atoms with Crippen LogP contribution in [0.2, 0.25) is 0 Å². The summed E-state index contributed by atoms with van der Waals surface area (Å²) in [7, 11) is -3.30. The van der Waals surface area contributed by atoms with E-state index < -0.39 is 46.7 Å². The number of hydrazine groups is 1. The number of methoxy groups -OCH3 is 1. The van der Waals surface area contributed by atoms with Crippen molar-refractivity contribution in [2.75, 3.05) is 27.0 Å². The second kappa shape index (κ2) is 12.6. The van der Waals surface area contributed by atoms with E-state index in [4.69, 9.17) is 0 Å². The molecule has 1 aliphatic rings. The molecule has 230 valence electrons. The molecule has 1 fully saturated rings. The van der Waals surface area contributed by atoms with Crippen molar-refractivity contribution in [2.45, 2.75) is 24.4 Å². The predicted octanol–water partition coefficient (Wildman–Crippen LogP) is 3.54. The van der Waals surface area contributed by atoms with Crippen LogP contribution in [0, 0.1) is 18.0 Å². The van der Waals surface area contributed by atoms with Crippen molar-refractivity contribution >= 4 is 22.1 Å². The van der Waals surface area contributed by atoms with E-state index in [0.29, 0.717) is 5.56 Å². The van der Waals surface area contributed by atoms with Crippen LogP contribution in [0.3, 0.4) is 0 Å². The number of ether oxygens (including phenoxy) is 2. The largest absolute Gasteiger partial charge is 0.569 e. The Kier molecular flexibility index (Phi) is 9.07. The number of hydrogen-bond donors (Lipinski definition) is 1. The summed E-state index contributed by atoms with van der Waals surface area (Å²) in [6, 6.07) is 12.5. The SMILES string of the molecule is COC(=O)OCO/N=[N+](\[O-])N1CCC(C(=O)NS(=O)(=O)c2ccc(-n3nc(C(F)(F)F)cc3-c3ccc(C)cc3)cc2)C1. The lowest BCUT2D eigenvalue weighted by molar-refractivity contribution is -0.708. The van der Waals surface area contributed by atoms with Crippen molar-refractivity contribution in [1.82, 2.24) is 19.5 Å². The quantitative estimate of drug-likeness (QED) is 0.0926. The van der Waals surface area contributed by atoms with Crippen molar-refractivity contribution in [1.29, 1.82) is 0 Å². The number of carbonyl (C=O) groups is 2. The summed E-state index contributed by atoms with van der Waals surface area (Å²) in [5, 5.41) is 19.9. The molecule has 3 aromatic rings. The van der Waals surface area contributed by atoms with Gasteiger partial charge in [-0.05, 0) is 43.7 Å². The lowest BCUT2D eigenvalue weighted by Gasteiger charge is -2.13. The molecule has 1 unspecified atom stereocenters. The van der Waals surface area contributed by atoms with Crippen molar-refractivity contribution in [3.63, 3.8) is 0 Å². The van der Waals surface area contributed by atoms with Crippen LogP contribution in [-0.4, -0.2) is 67.2 Å². The second-order valence-electron chi connectivity index (χ2n) is 9.23. The van der Waals surface area contributed by atoms with Gasteiger partial charge in [0.15, 0.2) is 5.69 Å². The number of nitrogens with one attached hydrogen (secondary N) is 1. The van der Waals surface area contributed by atoms with E-state index in [1.807, 2.05) is 11.6 Å². The molecular formula is C25H25F3N6O8S. The Morgan fingerprint density at radius 2 is 1.84 bits per heavy atom. The molecule has 0 bridgehead atoms. The molecule has 0 spiro atoms. The van der Waals surface area contributed by atoms with Gasteiger partial charge in [0.05, 0.1) is 47.4 Å². The lowest BCUT2D eigenvalue weighted by Crippen LogP contribution is -2.37. The molecule has 2 heterocycles. The number of halogens is 3. The topological polar surface area (TPSA) is 167 Å². The first-order valence-electron chi connectivity index (χ1n) is 12.5.